The van der Waals surface area contributed by atoms with Gasteiger partial charge in [0, 0.05) is 41.1 Å². The largest absolute Gasteiger partial charge is 0.398 e. The van der Waals surface area contributed by atoms with E-state index in [9.17, 15) is 5.11 Å². The lowest BCUT2D eigenvalue weighted by Crippen LogP contribution is -2.12. The summed E-state index contributed by atoms with van der Waals surface area (Å²) in [6, 6.07) is 5.91. The summed E-state index contributed by atoms with van der Waals surface area (Å²) < 4.78 is 0. The first kappa shape index (κ1) is 12.2. The molecular weight excluding hydrogens is 238 g/mol. The standard InChI is InChI=1S/C15H19N3O/c16-14-3-4-15(12-5-6-17-9-13(12)14)18-8-10-1-2-11(19)7-10/h3-6,9-11,18-19H,1-2,7-8,16H2. The monoisotopic (exact) mass is 257 g/mol. The molecule has 1 aromatic heterocycles. The Balaban J connectivity index is 1.79. The summed E-state index contributed by atoms with van der Waals surface area (Å²) in [4.78, 5) is 4.12. The smallest absolute Gasteiger partial charge is 0.0543 e. The van der Waals surface area contributed by atoms with E-state index < -0.39 is 0 Å². The van der Waals surface area contributed by atoms with Crippen molar-refractivity contribution in [1.29, 1.82) is 0 Å². The average molecular weight is 257 g/mol. The number of fused-ring (bicyclic) bond motifs is 1. The summed E-state index contributed by atoms with van der Waals surface area (Å²) in [7, 11) is 0. The van der Waals surface area contributed by atoms with Gasteiger partial charge in [0.2, 0.25) is 0 Å². The molecular formula is C15H19N3O. The highest BCUT2D eigenvalue weighted by atomic mass is 16.3. The van der Waals surface area contributed by atoms with Crippen LogP contribution in [0.4, 0.5) is 11.4 Å². The normalized spacial score (nSPS) is 22.8. The molecule has 0 spiro atoms. The van der Waals surface area contributed by atoms with E-state index in [1.165, 1.54) is 0 Å². The van der Waals surface area contributed by atoms with Crippen LogP contribution >= 0.6 is 0 Å². The maximum atomic E-state index is 9.55. The molecule has 4 nitrogen and oxygen atoms in total. The highest BCUT2D eigenvalue weighted by molar-refractivity contribution is 6.00. The third-order valence-corrected chi connectivity index (χ3v) is 3.95. The van der Waals surface area contributed by atoms with Crippen LogP contribution in [0.3, 0.4) is 0 Å². The minimum atomic E-state index is -0.112. The minimum Gasteiger partial charge on any atom is -0.398 e. The summed E-state index contributed by atoms with van der Waals surface area (Å²) >= 11 is 0. The van der Waals surface area contributed by atoms with Crippen LogP contribution in [0.25, 0.3) is 10.8 Å². The van der Waals surface area contributed by atoms with Gasteiger partial charge in [-0.1, -0.05) is 0 Å². The number of aliphatic hydroxyl groups excluding tert-OH is 1. The lowest BCUT2D eigenvalue weighted by atomic mass is 10.1. The Morgan fingerprint density at radius 1 is 1.26 bits per heavy atom. The highest BCUT2D eigenvalue weighted by Gasteiger charge is 2.22. The van der Waals surface area contributed by atoms with E-state index in [-0.39, 0.29) is 6.10 Å². The van der Waals surface area contributed by atoms with Gasteiger partial charge in [-0.05, 0) is 43.4 Å². The molecule has 1 fully saturated rings. The maximum Gasteiger partial charge on any atom is 0.0543 e. The average Bonchev–Trinajstić information content (AvgIpc) is 2.84. The Bertz CT molecular complexity index is 585. The van der Waals surface area contributed by atoms with Gasteiger partial charge in [0.1, 0.15) is 0 Å². The molecule has 3 rings (SSSR count). The van der Waals surface area contributed by atoms with Crippen LogP contribution in [0.2, 0.25) is 0 Å². The molecule has 0 bridgehead atoms. The van der Waals surface area contributed by atoms with Gasteiger partial charge in [-0.25, -0.2) is 0 Å². The number of anilines is 2. The number of aromatic nitrogens is 1. The molecule has 2 aromatic rings. The second-order valence-corrected chi connectivity index (χ2v) is 5.34. The zero-order valence-corrected chi connectivity index (χ0v) is 10.8. The SMILES string of the molecule is Nc1ccc(NCC2CCC(O)C2)c2ccncc12. The summed E-state index contributed by atoms with van der Waals surface area (Å²) in [5.74, 6) is 0.560. The molecule has 2 unspecified atom stereocenters. The van der Waals surface area contributed by atoms with Gasteiger partial charge in [-0.3, -0.25) is 4.98 Å². The molecule has 0 radical (unpaired) electrons. The third-order valence-electron chi connectivity index (χ3n) is 3.95. The molecule has 1 saturated carbocycles. The fourth-order valence-corrected chi connectivity index (χ4v) is 2.85. The highest BCUT2D eigenvalue weighted by Crippen LogP contribution is 2.29. The molecule has 1 heterocycles. The molecule has 19 heavy (non-hydrogen) atoms. The van der Waals surface area contributed by atoms with Crippen LogP contribution in [0.1, 0.15) is 19.3 Å². The number of pyridine rings is 1. The molecule has 100 valence electrons. The summed E-state index contributed by atoms with van der Waals surface area (Å²) in [5.41, 5.74) is 7.81. The first-order valence-electron chi connectivity index (χ1n) is 6.78. The van der Waals surface area contributed by atoms with Gasteiger partial charge >= 0.3 is 0 Å². The van der Waals surface area contributed by atoms with Crippen LogP contribution in [0, 0.1) is 5.92 Å². The van der Waals surface area contributed by atoms with Gasteiger partial charge in [-0.2, -0.15) is 0 Å². The van der Waals surface area contributed by atoms with Crippen molar-refractivity contribution in [2.24, 2.45) is 5.92 Å². The van der Waals surface area contributed by atoms with Crippen molar-refractivity contribution in [3.8, 4) is 0 Å². The Morgan fingerprint density at radius 2 is 2.16 bits per heavy atom. The van der Waals surface area contributed by atoms with E-state index in [1.807, 2.05) is 18.2 Å². The lowest BCUT2D eigenvalue weighted by molar-refractivity contribution is 0.178. The van der Waals surface area contributed by atoms with Crippen molar-refractivity contribution < 1.29 is 5.11 Å². The molecule has 1 aliphatic rings. The number of hydrogen-bond donors (Lipinski definition) is 3. The van der Waals surface area contributed by atoms with Crippen LogP contribution in [-0.4, -0.2) is 22.7 Å². The number of rotatable bonds is 3. The summed E-state index contributed by atoms with van der Waals surface area (Å²) in [5, 5.41) is 15.1. The van der Waals surface area contributed by atoms with Gasteiger partial charge in [-0.15, -0.1) is 0 Å². The van der Waals surface area contributed by atoms with E-state index >= 15 is 0 Å². The molecule has 0 saturated heterocycles. The first-order chi connectivity index (χ1) is 9.24. The van der Waals surface area contributed by atoms with E-state index in [1.54, 1.807) is 12.4 Å². The van der Waals surface area contributed by atoms with Gasteiger partial charge in [0.05, 0.1) is 6.10 Å². The molecule has 0 aliphatic heterocycles. The van der Waals surface area contributed by atoms with E-state index in [0.29, 0.717) is 5.92 Å². The Labute approximate surface area is 112 Å². The number of nitrogens with one attached hydrogen (secondary N) is 1. The first-order valence-corrected chi connectivity index (χ1v) is 6.78. The van der Waals surface area contributed by atoms with Crippen LogP contribution in [-0.2, 0) is 0 Å². The molecule has 0 amide bonds. The molecule has 1 aliphatic carbocycles. The molecule has 2 atom stereocenters. The predicted octanol–water partition coefficient (Wildman–Crippen LogP) is 2.39. The van der Waals surface area contributed by atoms with Crippen molar-refractivity contribution in [2.75, 3.05) is 17.6 Å². The predicted molar refractivity (Wildman–Crippen MR) is 78.0 cm³/mol. The van der Waals surface area contributed by atoms with Crippen molar-refractivity contribution in [3.63, 3.8) is 0 Å². The fourth-order valence-electron chi connectivity index (χ4n) is 2.85. The second-order valence-electron chi connectivity index (χ2n) is 5.34. The maximum absolute atomic E-state index is 9.55. The van der Waals surface area contributed by atoms with E-state index in [0.717, 1.165) is 48.0 Å². The van der Waals surface area contributed by atoms with Crippen molar-refractivity contribution in [2.45, 2.75) is 25.4 Å². The van der Waals surface area contributed by atoms with Gasteiger partial charge in [0.25, 0.3) is 0 Å². The van der Waals surface area contributed by atoms with Gasteiger partial charge < -0.3 is 16.2 Å². The van der Waals surface area contributed by atoms with Crippen molar-refractivity contribution in [3.05, 3.63) is 30.6 Å². The van der Waals surface area contributed by atoms with Crippen LogP contribution < -0.4 is 11.1 Å². The van der Waals surface area contributed by atoms with Gasteiger partial charge in [0.15, 0.2) is 0 Å². The number of nitrogens with two attached hydrogens (primary N) is 1. The molecule has 4 heteroatoms. The number of nitrogens with zero attached hydrogens (tertiary/aromatic N) is 1. The number of hydrogen-bond acceptors (Lipinski definition) is 4. The van der Waals surface area contributed by atoms with E-state index in [2.05, 4.69) is 10.3 Å². The molecule has 4 N–H and O–H groups in total. The van der Waals surface area contributed by atoms with Crippen LogP contribution in [0.5, 0.6) is 0 Å². The third kappa shape index (κ3) is 2.49. The zero-order chi connectivity index (χ0) is 13.2. The minimum absolute atomic E-state index is 0.112. The number of nitrogen functional groups attached to an aromatic ring is 1. The number of aliphatic hydroxyl groups is 1. The number of benzene rings is 1. The Hall–Kier alpha value is -1.81. The lowest BCUT2D eigenvalue weighted by Gasteiger charge is -2.14. The fraction of sp³-hybridized carbons (Fsp3) is 0.400. The second kappa shape index (κ2) is 5.05. The van der Waals surface area contributed by atoms with Crippen molar-refractivity contribution >= 4 is 22.1 Å². The topological polar surface area (TPSA) is 71.2 Å². The van der Waals surface area contributed by atoms with Crippen molar-refractivity contribution in [1.82, 2.24) is 4.98 Å². The van der Waals surface area contributed by atoms with E-state index in [4.69, 9.17) is 5.73 Å². The van der Waals surface area contributed by atoms with Crippen LogP contribution in [0.15, 0.2) is 30.6 Å². The zero-order valence-electron chi connectivity index (χ0n) is 10.8. The Kier molecular flexibility index (Phi) is 3.25. The summed E-state index contributed by atoms with van der Waals surface area (Å²) in [6.45, 7) is 0.901. The Morgan fingerprint density at radius 3 is 2.95 bits per heavy atom. The quantitative estimate of drug-likeness (QED) is 0.738. The summed E-state index contributed by atoms with van der Waals surface area (Å²) in [6.07, 6.45) is 6.41. The molecule has 1 aromatic carbocycles.